The van der Waals surface area contributed by atoms with Gasteiger partial charge in [-0.1, -0.05) is 18.2 Å². The van der Waals surface area contributed by atoms with Crippen LogP contribution in [-0.2, 0) is 4.74 Å². The molecule has 0 unspecified atom stereocenters. The summed E-state index contributed by atoms with van der Waals surface area (Å²) in [5.74, 6) is 0.961. The van der Waals surface area contributed by atoms with Gasteiger partial charge in [-0.3, -0.25) is 0 Å². The number of nitrogens with zero attached hydrogens (tertiary/aromatic N) is 3. The first kappa shape index (κ1) is 18.0. The Hall–Kier alpha value is -3.41. The molecule has 0 aliphatic rings. The number of hydrogen-bond acceptors (Lipinski definition) is 6. The number of aromatic nitrogens is 2. The number of hydrogen-bond donors (Lipinski definition) is 0. The zero-order valence-electron chi connectivity index (χ0n) is 16.3. The molecule has 0 fully saturated rings. The third-order valence-electron chi connectivity index (χ3n) is 4.83. The van der Waals surface area contributed by atoms with Gasteiger partial charge in [-0.15, -0.1) is 0 Å². The Morgan fingerprint density at radius 1 is 1.07 bits per heavy atom. The van der Waals surface area contributed by atoms with E-state index in [-0.39, 0.29) is 6.04 Å². The highest BCUT2D eigenvalue weighted by Gasteiger charge is 2.20. The normalized spacial score (nSPS) is 11.3. The van der Waals surface area contributed by atoms with Gasteiger partial charge >= 0.3 is 5.97 Å². The molecule has 0 saturated heterocycles. The number of fused-ring (bicyclic) bond motifs is 2. The fourth-order valence-corrected chi connectivity index (χ4v) is 3.04. The predicted molar refractivity (Wildman–Crippen MR) is 110 cm³/mol. The van der Waals surface area contributed by atoms with E-state index in [2.05, 4.69) is 13.8 Å². The molecule has 28 heavy (non-hydrogen) atoms. The lowest BCUT2D eigenvalue weighted by atomic mass is 10.1. The van der Waals surface area contributed by atoms with Gasteiger partial charge in [0, 0.05) is 18.5 Å². The van der Waals surface area contributed by atoms with Gasteiger partial charge in [0.25, 0.3) is 0 Å². The summed E-state index contributed by atoms with van der Waals surface area (Å²) in [6.45, 7) is 4.17. The molecular weight excluding hydrogens is 354 g/mol. The second-order valence-electron chi connectivity index (χ2n) is 6.94. The van der Waals surface area contributed by atoms with Gasteiger partial charge in [-0.25, -0.2) is 14.8 Å². The van der Waals surface area contributed by atoms with Gasteiger partial charge < -0.3 is 14.1 Å². The van der Waals surface area contributed by atoms with Crippen LogP contribution in [0.1, 0.15) is 24.2 Å². The summed E-state index contributed by atoms with van der Waals surface area (Å²) in [6, 6.07) is 15.2. The van der Waals surface area contributed by atoms with E-state index in [4.69, 9.17) is 19.1 Å². The SMILES string of the molecule is COC(=O)c1ccc2nc(-c3cc4ccccc4o3)c(N(C)C(C)C)nc2c1. The van der Waals surface area contributed by atoms with Gasteiger partial charge in [-0.2, -0.15) is 0 Å². The minimum Gasteiger partial charge on any atom is -0.465 e. The lowest BCUT2D eigenvalue weighted by Gasteiger charge is -2.24. The molecule has 6 nitrogen and oxygen atoms in total. The second-order valence-corrected chi connectivity index (χ2v) is 6.94. The van der Waals surface area contributed by atoms with Crippen molar-refractivity contribution < 1.29 is 13.9 Å². The number of carbonyl (C=O) groups is 1. The number of ether oxygens (including phenoxy) is 1. The van der Waals surface area contributed by atoms with Gasteiger partial charge in [0.15, 0.2) is 11.6 Å². The predicted octanol–water partition coefficient (Wildman–Crippen LogP) is 4.67. The summed E-state index contributed by atoms with van der Waals surface area (Å²) < 4.78 is 10.9. The molecule has 142 valence electrons. The second kappa shape index (κ2) is 6.96. The van der Waals surface area contributed by atoms with E-state index in [0.717, 1.165) is 11.0 Å². The molecular formula is C22H21N3O3. The fraction of sp³-hybridized carbons (Fsp3) is 0.227. The first-order valence-corrected chi connectivity index (χ1v) is 9.10. The summed E-state index contributed by atoms with van der Waals surface area (Å²) in [7, 11) is 3.33. The van der Waals surface area contributed by atoms with Crippen molar-refractivity contribution in [2.75, 3.05) is 19.1 Å². The summed E-state index contributed by atoms with van der Waals surface area (Å²) in [5.41, 5.74) is 3.23. The monoisotopic (exact) mass is 375 g/mol. The molecule has 2 heterocycles. The van der Waals surface area contributed by atoms with Crippen molar-refractivity contribution >= 4 is 33.8 Å². The summed E-state index contributed by atoms with van der Waals surface area (Å²) >= 11 is 0. The van der Waals surface area contributed by atoms with Crippen LogP contribution in [0, 0.1) is 0 Å². The Bertz CT molecular complexity index is 1150. The average Bonchev–Trinajstić information content (AvgIpc) is 3.15. The molecule has 4 aromatic rings. The van der Waals surface area contributed by atoms with E-state index in [1.165, 1.54) is 7.11 Å². The number of para-hydroxylation sites is 1. The Kier molecular flexibility index (Phi) is 4.47. The summed E-state index contributed by atoms with van der Waals surface area (Å²) in [4.78, 5) is 23.6. The van der Waals surface area contributed by atoms with Gasteiger partial charge in [-0.05, 0) is 44.2 Å². The Balaban J connectivity index is 1.95. The van der Waals surface area contributed by atoms with Gasteiger partial charge in [0.05, 0.1) is 23.7 Å². The van der Waals surface area contributed by atoms with Crippen molar-refractivity contribution in [3.05, 3.63) is 54.1 Å². The molecule has 0 bridgehead atoms. The first-order valence-electron chi connectivity index (χ1n) is 9.10. The minimum atomic E-state index is -0.399. The van der Waals surface area contributed by atoms with Crippen LogP contribution in [0.3, 0.4) is 0 Å². The molecule has 0 amide bonds. The molecule has 0 saturated carbocycles. The van der Waals surface area contributed by atoms with E-state index in [9.17, 15) is 4.79 Å². The maximum absolute atomic E-state index is 11.9. The Morgan fingerprint density at radius 3 is 2.57 bits per heavy atom. The molecule has 0 spiro atoms. The first-order chi connectivity index (χ1) is 13.5. The third kappa shape index (κ3) is 3.07. The molecule has 2 aromatic heterocycles. The van der Waals surface area contributed by atoms with Gasteiger partial charge in [0.2, 0.25) is 0 Å². The van der Waals surface area contributed by atoms with E-state index in [0.29, 0.717) is 33.9 Å². The van der Waals surface area contributed by atoms with Crippen LogP contribution in [0.15, 0.2) is 52.9 Å². The lowest BCUT2D eigenvalue weighted by Crippen LogP contribution is -2.27. The number of methoxy groups -OCH3 is 1. The Labute approximate surface area is 162 Å². The average molecular weight is 375 g/mol. The van der Waals surface area contributed by atoms with Crippen molar-refractivity contribution in [1.29, 1.82) is 0 Å². The van der Waals surface area contributed by atoms with Crippen LogP contribution >= 0.6 is 0 Å². The standard InChI is InChI=1S/C22H21N3O3/c1-13(2)25(3)21-20(19-12-14-7-5-6-8-18(14)28-19)23-16-10-9-15(22(26)27-4)11-17(16)24-21/h5-13H,1-4H3. The molecule has 6 heteroatoms. The van der Waals surface area contributed by atoms with Crippen molar-refractivity contribution in [1.82, 2.24) is 9.97 Å². The minimum absolute atomic E-state index is 0.207. The summed E-state index contributed by atoms with van der Waals surface area (Å²) in [5, 5.41) is 1.01. The third-order valence-corrected chi connectivity index (χ3v) is 4.83. The Morgan fingerprint density at radius 2 is 1.86 bits per heavy atom. The smallest absolute Gasteiger partial charge is 0.337 e. The van der Waals surface area contributed by atoms with E-state index < -0.39 is 5.97 Å². The van der Waals surface area contributed by atoms with E-state index in [1.54, 1.807) is 18.2 Å². The lowest BCUT2D eigenvalue weighted by molar-refractivity contribution is 0.0601. The van der Waals surface area contributed by atoms with Crippen molar-refractivity contribution in [2.24, 2.45) is 0 Å². The van der Waals surface area contributed by atoms with Crippen LogP contribution in [0.4, 0.5) is 5.82 Å². The highest BCUT2D eigenvalue weighted by molar-refractivity contribution is 5.94. The molecule has 2 aromatic carbocycles. The van der Waals surface area contributed by atoms with Crippen LogP contribution in [0.2, 0.25) is 0 Å². The summed E-state index contributed by atoms with van der Waals surface area (Å²) in [6.07, 6.45) is 0. The van der Waals surface area contributed by atoms with Crippen LogP contribution in [-0.4, -0.2) is 36.1 Å². The topological polar surface area (TPSA) is 68.5 Å². The van der Waals surface area contributed by atoms with E-state index >= 15 is 0 Å². The van der Waals surface area contributed by atoms with Crippen molar-refractivity contribution in [3.8, 4) is 11.5 Å². The highest BCUT2D eigenvalue weighted by Crippen LogP contribution is 2.34. The zero-order valence-corrected chi connectivity index (χ0v) is 16.3. The molecule has 0 radical (unpaired) electrons. The largest absolute Gasteiger partial charge is 0.465 e. The molecule has 0 aliphatic heterocycles. The molecule has 0 N–H and O–H groups in total. The number of anilines is 1. The number of rotatable bonds is 4. The van der Waals surface area contributed by atoms with Crippen molar-refractivity contribution in [2.45, 2.75) is 19.9 Å². The number of benzene rings is 2. The fourth-order valence-electron chi connectivity index (χ4n) is 3.04. The number of esters is 1. The molecule has 4 rings (SSSR count). The van der Waals surface area contributed by atoms with Gasteiger partial charge in [0.1, 0.15) is 11.3 Å². The number of carbonyl (C=O) groups excluding carboxylic acids is 1. The molecule has 0 aliphatic carbocycles. The highest BCUT2D eigenvalue weighted by atomic mass is 16.5. The van der Waals surface area contributed by atoms with Crippen LogP contribution < -0.4 is 4.90 Å². The van der Waals surface area contributed by atoms with E-state index in [1.807, 2.05) is 42.3 Å². The maximum atomic E-state index is 11.9. The van der Waals surface area contributed by atoms with Crippen LogP contribution in [0.5, 0.6) is 0 Å². The maximum Gasteiger partial charge on any atom is 0.337 e. The van der Waals surface area contributed by atoms with Crippen LogP contribution in [0.25, 0.3) is 33.5 Å². The quantitative estimate of drug-likeness (QED) is 0.483. The van der Waals surface area contributed by atoms with Crippen molar-refractivity contribution in [3.63, 3.8) is 0 Å². The zero-order chi connectivity index (χ0) is 19.8. The number of furan rings is 1. The molecule has 0 atom stereocenters.